The van der Waals surface area contributed by atoms with Crippen molar-refractivity contribution in [1.82, 2.24) is 0 Å². The van der Waals surface area contributed by atoms with Gasteiger partial charge in [0.25, 0.3) is 0 Å². The van der Waals surface area contributed by atoms with Crippen molar-refractivity contribution >= 4 is 5.97 Å². The standard InChI is InChI=1S/C23H36O4/c24-21(17-8-3-1-2-4-9-17)12-11-19-20-14-16(7-5-6-10-23(26)27)13-18(20)15-22(19)25/h7,11-12,17-22,24-25H,1-6,8-10,13-15H2,(H,26,27)/b12-11+,16-7+/t18-,19-,20+,21+,22-/m1/s1. The van der Waals surface area contributed by atoms with E-state index in [4.69, 9.17) is 5.11 Å². The molecule has 5 atom stereocenters. The Labute approximate surface area is 163 Å². The zero-order valence-corrected chi connectivity index (χ0v) is 16.4. The van der Waals surface area contributed by atoms with Gasteiger partial charge >= 0.3 is 5.97 Å². The smallest absolute Gasteiger partial charge is 0.303 e. The quantitative estimate of drug-likeness (QED) is 0.348. The summed E-state index contributed by atoms with van der Waals surface area (Å²) >= 11 is 0. The van der Waals surface area contributed by atoms with Gasteiger partial charge in [-0.2, -0.15) is 0 Å². The van der Waals surface area contributed by atoms with Gasteiger partial charge in [-0.1, -0.05) is 49.5 Å². The number of aliphatic carboxylic acids is 1. The van der Waals surface area contributed by atoms with Crippen LogP contribution in [0.1, 0.15) is 77.0 Å². The average molecular weight is 377 g/mol. The molecule has 0 heterocycles. The molecule has 0 unspecified atom stereocenters. The minimum Gasteiger partial charge on any atom is -0.481 e. The highest BCUT2D eigenvalue weighted by molar-refractivity contribution is 5.66. The van der Waals surface area contributed by atoms with Crippen molar-refractivity contribution in [3.05, 3.63) is 23.8 Å². The summed E-state index contributed by atoms with van der Waals surface area (Å²) in [6.45, 7) is 0. The fourth-order valence-electron chi connectivity index (χ4n) is 5.55. The molecule has 0 radical (unpaired) electrons. The van der Waals surface area contributed by atoms with Crippen molar-refractivity contribution < 1.29 is 20.1 Å². The van der Waals surface area contributed by atoms with Crippen LogP contribution in [0.5, 0.6) is 0 Å². The number of aliphatic hydroxyl groups is 2. The van der Waals surface area contributed by atoms with E-state index in [1.807, 2.05) is 6.08 Å². The molecular formula is C23H36O4. The molecule has 3 rings (SSSR count). The van der Waals surface area contributed by atoms with Gasteiger partial charge in [0.1, 0.15) is 0 Å². The molecule has 0 saturated heterocycles. The first kappa shape index (κ1) is 20.6. The normalized spacial score (nSPS) is 34.8. The van der Waals surface area contributed by atoms with Gasteiger partial charge in [-0.25, -0.2) is 0 Å². The van der Waals surface area contributed by atoms with E-state index in [-0.39, 0.29) is 24.5 Å². The Kier molecular flexibility index (Phi) is 7.54. The zero-order chi connectivity index (χ0) is 19.2. The molecule has 0 aromatic heterocycles. The number of hydrogen-bond donors (Lipinski definition) is 3. The van der Waals surface area contributed by atoms with Crippen LogP contribution in [0.15, 0.2) is 23.8 Å². The van der Waals surface area contributed by atoms with Crippen LogP contribution >= 0.6 is 0 Å². The first-order chi connectivity index (χ1) is 13.0. The third-order valence-corrected chi connectivity index (χ3v) is 7.05. The fraction of sp³-hybridized carbons (Fsp3) is 0.783. The predicted octanol–water partition coefficient (Wildman–Crippen LogP) is 4.46. The van der Waals surface area contributed by atoms with Crippen molar-refractivity contribution in [3.63, 3.8) is 0 Å². The minimum absolute atomic E-state index is 0.153. The summed E-state index contributed by atoms with van der Waals surface area (Å²) in [6, 6.07) is 0. The maximum absolute atomic E-state index is 10.6. The molecule has 0 spiro atoms. The summed E-state index contributed by atoms with van der Waals surface area (Å²) in [7, 11) is 0. The number of carbonyl (C=O) groups is 1. The monoisotopic (exact) mass is 376 g/mol. The van der Waals surface area contributed by atoms with E-state index in [1.165, 1.54) is 31.3 Å². The summed E-state index contributed by atoms with van der Waals surface area (Å²) in [4.78, 5) is 10.6. The molecule has 27 heavy (non-hydrogen) atoms. The molecular weight excluding hydrogens is 340 g/mol. The van der Waals surface area contributed by atoms with Crippen molar-refractivity contribution in [1.29, 1.82) is 0 Å². The first-order valence-corrected chi connectivity index (χ1v) is 11.0. The first-order valence-electron chi connectivity index (χ1n) is 11.0. The van der Waals surface area contributed by atoms with Gasteiger partial charge in [0.2, 0.25) is 0 Å². The summed E-state index contributed by atoms with van der Waals surface area (Å²) in [5.41, 5.74) is 1.44. The number of rotatable bonds is 7. The third-order valence-electron chi connectivity index (χ3n) is 7.05. The SMILES string of the molecule is O=C(O)CCC/C=C1\C[C@@H]2C[C@@H](O)[C@H](/C=C/[C@H](O)C3CCCCCC3)[C@H]2C1. The van der Waals surface area contributed by atoms with E-state index in [2.05, 4.69) is 12.2 Å². The van der Waals surface area contributed by atoms with E-state index >= 15 is 0 Å². The molecule has 4 heteroatoms. The minimum atomic E-state index is -0.725. The second kappa shape index (κ2) is 9.88. The molecule has 152 valence electrons. The largest absolute Gasteiger partial charge is 0.481 e. The Morgan fingerprint density at radius 1 is 1.15 bits per heavy atom. The Balaban J connectivity index is 1.53. The predicted molar refractivity (Wildman–Crippen MR) is 106 cm³/mol. The molecule has 0 aromatic rings. The van der Waals surface area contributed by atoms with Crippen molar-refractivity contribution in [2.45, 2.75) is 89.3 Å². The number of allylic oxidation sites excluding steroid dienone is 2. The molecule has 0 bridgehead atoms. The molecule has 0 aliphatic heterocycles. The molecule has 0 amide bonds. The Hall–Kier alpha value is -1.13. The van der Waals surface area contributed by atoms with E-state index < -0.39 is 5.97 Å². The lowest BCUT2D eigenvalue weighted by Crippen LogP contribution is -2.20. The molecule has 4 nitrogen and oxygen atoms in total. The number of carboxylic acids is 1. The van der Waals surface area contributed by atoms with Crippen LogP contribution in [-0.4, -0.2) is 33.5 Å². The van der Waals surface area contributed by atoms with Gasteiger partial charge in [-0.3, -0.25) is 4.79 Å². The van der Waals surface area contributed by atoms with Crippen molar-refractivity contribution in [2.75, 3.05) is 0 Å². The van der Waals surface area contributed by atoms with Crippen molar-refractivity contribution in [3.8, 4) is 0 Å². The summed E-state index contributed by atoms with van der Waals surface area (Å²) in [6.07, 6.45) is 17.6. The molecule has 3 aliphatic rings. The summed E-state index contributed by atoms with van der Waals surface area (Å²) in [5, 5.41) is 29.8. The molecule has 3 N–H and O–H groups in total. The lowest BCUT2D eigenvalue weighted by Gasteiger charge is -2.21. The highest BCUT2D eigenvalue weighted by atomic mass is 16.4. The van der Waals surface area contributed by atoms with Crippen LogP contribution in [-0.2, 0) is 4.79 Å². The van der Waals surface area contributed by atoms with Gasteiger partial charge in [0, 0.05) is 12.3 Å². The van der Waals surface area contributed by atoms with E-state index in [0.717, 1.165) is 38.5 Å². The summed E-state index contributed by atoms with van der Waals surface area (Å²) in [5.74, 6) is 0.822. The maximum Gasteiger partial charge on any atom is 0.303 e. The Bertz CT molecular complexity index is 545. The van der Waals surface area contributed by atoms with Crippen LogP contribution in [0.25, 0.3) is 0 Å². The van der Waals surface area contributed by atoms with Crippen LogP contribution in [0.2, 0.25) is 0 Å². The van der Waals surface area contributed by atoms with Crippen LogP contribution in [0.4, 0.5) is 0 Å². The Morgan fingerprint density at radius 2 is 1.89 bits per heavy atom. The number of aliphatic hydroxyl groups excluding tert-OH is 2. The van der Waals surface area contributed by atoms with Gasteiger partial charge in [-0.05, 0) is 62.7 Å². The number of fused-ring (bicyclic) bond motifs is 1. The second-order valence-electron chi connectivity index (χ2n) is 8.99. The van der Waals surface area contributed by atoms with Crippen molar-refractivity contribution in [2.24, 2.45) is 23.7 Å². The van der Waals surface area contributed by atoms with Crippen LogP contribution < -0.4 is 0 Å². The topological polar surface area (TPSA) is 77.8 Å². The highest BCUT2D eigenvalue weighted by Gasteiger charge is 2.45. The second-order valence-corrected chi connectivity index (χ2v) is 8.99. The van der Waals surface area contributed by atoms with Gasteiger partial charge in [0.15, 0.2) is 0 Å². The van der Waals surface area contributed by atoms with E-state index in [0.29, 0.717) is 24.2 Å². The summed E-state index contributed by atoms with van der Waals surface area (Å²) < 4.78 is 0. The average Bonchev–Trinajstić information content (AvgIpc) is 2.99. The number of hydrogen-bond acceptors (Lipinski definition) is 3. The van der Waals surface area contributed by atoms with Gasteiger partial charge in [0.05, 0.1) is 12.2 Å². The third kappa shape index (κ3) is 5.68. The van der Waals surface area contributed by atoms with Crippen LogP contribution in [0, 0.1) is 23.7 Å². The fourth-order valence-corrected chi connectivity index (χ4v) is 5.55. The number of carboxylic acid groups (broad SMARTS) is 1. The maximum atomic E-state index is 10.6. The molecule has 3 aliphatic carbocycles. The van der Waals surface area contributed by atoms with Gasteiger partial charge < -0.3 is 15.3 Å². The van der Waals surface area contributed by atoms with Gasteiger partial charge in [-0.15, -0.1) is 0 Å². The molecule has 3 fully saturated rings. The Morgan fingerprint density at radius 3 is 2.59 bits per heavy atom. The lowest BCUT2D eigenvalue weighted by atomic mass is 9.88. The zero-order valence-electron chi connectivity index (χ0n) is 16.4. The highest BCUT2D eigenvalue weighted by Crippen LogP contribution is 2.50. The van der Waals surface area contributed by atoms with E-state index in [9.17, 15) is 15.0 Å². The lowest BCUT2D eigenvalue weighted by molar-refractivity contribution is -0.137. The molecule has 0 aromatic carbocycles. The molecule has 3 saturated carbocycles. The van der Waals surface area contributed by atoms with E-state index in [1.54, 1.807) is 0 Å². The van der Waals surface area contributed by atoms with Crippen LogP contribution in [0.3, 0.4) is 0 Å². The number of unbranched alkanes of at least 4 members (excludes halogenated alkanes) is 1.